The maximum absolute atomic E-state index is 12.2. The number of aromatic amines is 1. The Hall–Kier alpha value is -2.75. The highest BCUT2D eigenvalue weighted by Crippen LogP contribution is 2.29. The Morgan fingerprint density at radius 2 is 2.05 bits per heavy atom. The molecule has 0 bridgehead atoms. The molecule has 0 spiro atoms. The Morgan fingerprint density at radius 3 is 2.71 bits per heavy atom. The Bertz CT molecular complexity index is 745. The molecule has 1 aromatic carbocycles. The van der Waals surface area contributed by atoms with Crippen LogP contribution in [0.15, 0.2) is 41.3 Å². The summed E-state index contributed by atoms with van der Waals surface area (Å²) in [4.78, 5) is 13.7. The van der Waals surface area contributed by atoms with Gasteiger partial charge in [0.1, 0.15) is 5.75 Å². The van der Waals surface area contributed by atoms with Crippen LogP contribution in [0.5, 0.6) is 5.75 Å². The molecule has 0 aliphatic rings. The quantitative estimate of drug-likeness (QED) is 0.946. The van der Waals surface area contributed by atoms with Gasteiger partial charge in [0.15, 0.2) is 0 Å². The molecule has 0 amide bonds. The third-order valence-electron chi connectivity index (χ3n) is 2.66. The summed E-state index contributed by atoms with van der Waals surface area (Å²) in [5.41, 5.74) is 0.944. The molecule has 0 aliphatic heterocycles. The summed E-state index contributed by atoms with van der Waals surface area (Å²) >= 11 is 0. The molecule has 0 atom stereocenters. The molecule has 108 valence electrons. The van der Waals surface area contributed by atoms with Crippen molar-refractivity contribution in [3.8, 4) is 22.9 Å². The molecule has 0 saturated heterocycles. The molecule has 0 unspecified atom stereocenters. The van der Waals surface area contributed by atoms with Crippen molar-refractivity contribution in [1.29, 1.82) is 5.26 Å². The van der Waals surface area contributed by atoms with E-state index in [4.69, 9.17) is 5.26 Å². The average molecular weight is 294 g/mol. The van der Waals surface area contributed by atoms with Gasteiger partial charge in [-0.25, -0.2) is 0 Å². The summed E-state index contributed by atoms with van der Waals surface area (Å²) in [7, 11) is 0. The third kappa shape index (κ3) is 3.86. The van der Waals surface area contributed by atoms with E-state index >= 15 is 0 Å². The van der Waals surface area contributed by atoms with Gasteiger partial charge in [-0.1, -0.05) is 12.1 Å². The number of pyridine rings is 1. The van der Waals surface area contributed by atoms with Crippen molar-refractivity contribution < 1.29 is 17.9 Å². The van der Waals surface area contributed by atoms with Gasteiger partial charge in [0.2, 0.25) is 5.56 Å². The number of alkyl halides is 3. The summed E-state index contributed by atoms with van der Waals surface area (Å²) in [6.45, 7) is 0. The van der Waals surface area contributed by atoms with Gasteiger partial charge >= 0.3 is 6.36 Å². The standard InChI is InChI=1S/C14H9F3N2O2/c15-14(16,17)21-11-3-1-2-9(6-11)12-8-19-13(20)7-10(12)4-5-18/h1-3,6-8H,4H2,(H,19,20). The molecule has 2 aromatic rings. The number of aromatic nitrogens is 1. The van der Waals surface area contributed by atoms with Crippen molar-refractivity contribution in [1.82, 2.24) is 4.98 Å². The highest BCUT2D eigenvalue weighted by atomic mass is 19.4. The maximum Gasteiger partial charge on any atom is 0.573 e. The Balaban J connectivity index is 2.45. The third-order valence-corrected chi connectivity index (χ3v) is 2.66. The van der Waals surface area contributed by atoms with Crippen LogP contribution < -0.4 is 10.3 Å². The molecule has 1 aromatic heterocycles. The Labute approximate surface area is 117 Å². The highest BCUT2D eigenvalue weighted by molar-refractivity contribution is 5.68. The SMILES string of the molecule is N#CCc1cc(=O)[nH]cc1-c1cccc(OC(F)(F)F)c1. The first-order chi connectivity index (χ1) is 9.89. The Morgan fingerprint density at radius 1 is 1.29 bits per heavy atom. The van der Waals surface area contributed by atoms with Gasteiger partial charge in [-0.15, -0.1) is 13.2 Å². The van der Waals surface area contributed by atoms with Crippen molar-refractivity contribution in [2.24, 2.45) is 0 Å². The van der Waals surface area contributed by atoms with Crippen LogP contribution >= 0.6 is 0 Å². The molecule has 0 saturated carbocycles. The number of rotatable bonds is 3. The molecule has 0 radical (unpaired) electrons. The average Bonchev–Trinajstić information content (AvgIpc) is 2.37. The smallest absolute Gasteiger partial charge is 0.406 e. The topological polar surface area (TPSA) is 65.9 Å². The molecule has 1 N–H and O–H groups in total. The second-order valence-corrected chi connectivity index (χ2v) is 4.15. The van der Waals surface area contributed by atoms with Crippen LogP contribution in [0.3, 0.4) is 0 Å². The first kappa shape index (κ1) is 14.7. The first-order valence-corrected chi connectivity index (χ1v) is 5.84. The van der Waals surface area contributed by atoms with E-state index in [1.165, 1.54) is 30.5 Å². The highest BCUT2D eigenvalue weighted by Gasteiger charge is 2.31. The fourth-order valence-corrected chi connectivity index (χ4v) is 1.87. The number of hydrogen-bond acceptors (Lipinski definition) is 3. The second kappa shape index (κ2) is 5.71. The summed E-state index contributed by atoms with van der Waals surface area (Å²) < 4.78 is 40.5. The number of nitrogens with one attached hydrogen (secondary N) is 1. The van der Waals surface area contributed by atoms with Gasteiger partial charge in [0.05, 0.1) is 12.5 Å². The van der Waals surface area contributed by atoms with E-state index in [9.17, 15) is 18.0 Å². The number of halogens is 3. The van der Waals surface area contributed by atoms with Gasteiger partial charge in [-0.3, -0.25) is 4.79 Å². The normalized spacial score (nSPS) is 11.0. The summed E-state index contributed by atoms with van der Waals surface area (Å²) in [5, 5.41) is 8.75. The molecule has 21 heavy (non-hydrogen) atoms. The van der Waals surface area contributed by atoms with Crippen molar-refractivity contribution >= 4 is 0 Å². The zero-order valence-electron chi connectivity index (χ0n) is 10.6. The van der Waals surface area contributed by atoms with Crippen molar-refractivity contribution in [2.75, 3.05) is 0 Å². The van der Waals surface area contributed by atoms with Gasteiger partial charge < -0.3 is 9.72 Å². The lowest BCUT2D eigenvalue weighted by Crippen LogP contribution is -2.17. The van der Waals surface area contributed by atoms with Crippen molar-refractivity contribution in [2.45, 2.75) is 12.8 Å². The van der Waals surface area contributed by atoms with Gasteiger partial charge in [-0.2, -0.15) is 5.26 Å². The predicted molar refractivity (Wildman–Crippen MR) is 68.5 cm³/mol. The lowest BCUT2D eigenvalue weighted by Gasteiger charge is -2.11. The minimum Gasteiger partial charge on any atom is -0.406 e. The largest absolute Gasteiger partial charge is 0.573 e. The fraction of sp³-hybridized carbons (Fsp3) is 0.143. The van der Waals surface area contributed by atoms with Crippen LogP contribution in [0, 0.1) is 11.3 Å². The molecular weight excluding hydrogens is 285 g/mol. The molecule has 0 fully saturated rings. The van der Waals surface area contributed by atoms with Gasteiger partial charge in [0.25, 0.3) is 0 Å². The Kier molecular flexibility index (Phi) is 3.98. The van der Waals surface area contributed by atoms with E-state index < -0.39 is 6.36 Å². The van der Waals surface area contributed by atoms with Crippen molar-refractivity contribution in [3.05, 3.63) is 52.4 Å². The number of benzene rings is 1. The fourth-order valence-electron chi connectivity index (χ4n) is 1.87. The monoisotopic (exact) mass is 294 g/mol. The van der Waals surface area contributed by atoms with E-state index in [0.29, 0.717) is 16.7 Å². The first-order valence-electron chi connectivity index (χ1n) is 5.84. The number of nitriles is 1. The molecule has 0 aliphatic carbocycles. The van der Waals surface area contributed by atoms with Crippen LogP contribution in [0.2, 0.25) is 0 Å². The van der Waals surface area contributed by atoms with E-state index in [-0.39, 0.29) is 17.7 Å². The van der Waals surface area contributed by atoms with Crippen LogP contribution in [-0.4, -0.2) is 11.3 Å². The van der Waals surface area contributed by atoms with Crippen LogP contribution in [0.4, 0.5) is 13.2 Å². The van der Waals surface area contributed by atoms with Crippen LogP contribution in [-0.2, 0) is 6.42 Å². The molecule has 1 heterocycles. The van der Waals surface area contributed by atoms with E-state index in [1.807, 2.05) is 6.07 Å². The lowest BCUT2D eigenvalue weighted by atomic mass is 10.0. The molecule has 4 nitrogen and oxygen atoms in total. The van der Waals surface area contributed by atoms with Gasteiger partial charge in [0, 0.05) is 17.8 Å². The lowest BCUT2D eigenvalue weighted by molar-refractivity contribution is -0.274. The second-order valence-electron chi connectivity index (χ2n) is 4.15. The maximum atomic E-state index is 12.2. The van der Waals surface area contributed by atoms with E-state index in [0.717, 1.165) is 0 Å². The summed E-state index contributed by atoms with van der Waals surface area (Å²) in [6.07, 6.45) is -3.44. The molecule has 7 heteroatoms. The van der Waals surface area contributed by atoms with Gasteiger partial charge in [-0.05, 0) is 23.3 Å². The minimum atomic E-state index is -4.78. The number of H-pyrrole nitrogens is 1. The van der Waals surface area contributed by atoms with E-state index in [1.54, 1.807) is 6.07 Å². The number of ether oxygens (including phenoxy) is 1. The van der Waals surface area contributed by atoms with Crippen molar-refractivity contribution in [3.63, 3.8) is 0 Å². The minimum absolute atomic E-state index is 0.0242. The molecular formula is C14H9F3N2O2. The number of hydrogen-bond donors (Lipinski definition) is 1. The molecule has 2 rings (SSSR count). The number of nitrogens with zero attached hydrogens (tertiary/aromatic N) is 1. The van der Waals surface area contributed by atoms with E-state index in [2.05, 4.69) is 9.72 Å². The zero-order chi connectivity index (χ0) is 15.5. The predicted octanol–water partition coefficient (Wildman–Crippen LogP) is 3.01. The van der Waals surface area contributed by atoms with Crippen LogP contribution in [0.25, 0.3) is 11.1 Å². The summed E-state index contributed by atoms with van der Waals surface area (Å²) in [6, 6.07) is 8.49. The summed E-state index contributed by atoms with van der Waals surface area (Å²) in [5.74, 6) is -0.367. The van der Waals surface area contributed by atoms with Crippen LogP contribution in [0.1, 0.15) is 5.56 Å². The zero-order valence-corrected chi connectivity index (χ0v) is 10.6.